The van der Waals surface area contributed by atoms with E-state index in [2.05, 4.69) is 34.6 Å². The molecule has 6 heteroatoms. The Bertz CT molecular complexity index is 429. The van der Waals surface area contributed by atoms with Crippen LogP contribution in [0.2, 0.25) is 0 Å². The van der Waals surface area contributed by atoms with Gasteiger partial charge in [-0.2, -0.15) is 0 Å². The van der Waals surface area contributed by atoms with Crippen molar-refractivity contribution >= 4 is 11.6 Å². The van der Waals surface area contributed by atoms with Crippen molar-refractivity contribution in [1.82, 2.24) is 9.97 Å². The van der Waals surface area contributed by atoms with E-state index in [-0.39, 0.29) is 5.92 Å². The highest BCUT2D eigenvalue weighted by atomic mass is 16.5. The highest BCUT2D eigenvalue weighted by Crippen LogP contribution is 2.24. The van der Waals surface area contributed by atoms with Crippen LogP contribution in [-0.4, -0.2) is 29.2 Å². The van der Waals surface area contributed by atoms with Crippen LogP contribution in [0.25, 0.3) is 0 Å². The monoisotopic (exact) mass is 265 g/mol. The minimum Gasteiger partial charge on any atom is -0.381 e. The zero-order valence-electron chi connectivity index (χ0n) is 11.9. The Kier molecular flexibility index (Phi) is 4.55. The van der Waals surface area contributed by atoms with E-state index in [1.165, 1.54) is 0 Å². The average molecular weight is 265 g/mol. The molecule has 0 atom stereocenters. The van der Waals surface area contributed by atoms with Crippen LogP contribution in [0.4, 0.5) is 11.6 Å². The van der Waals surface area contributed by atoms with Gasteiger partial charge in [0.05, 0.1) is 0 Å². The summed E-state index contributed by atoms with van der Waals surface area (Å²) in [5.74, 6) is 8.16. The van der Waals surface area contributed by atoms with Crippen molar-refractivity contribution in [3.63, 3.8) is 0 Å². The van der Waals surface area contributed by atoms with E-state index < -0.39 is 0 Å². The Morgan fingerprint density at radius 3 is 2.42 bits per heavy atom. The van der Waals surface area contributed by atoms with E-state index in [4.69, 9.17) is 10.6 Å². The molecule has 1 aromatic rings. The first kappa shape index (κ1) is 14.0. The number of anilines is 2. The molecule has 0 amide bonds. The fourth-order valence-corrected chi connectivity index (χ4v) is 2.11. The average Bonchev–Trinajstić information content (AvgIpc) is 2.42. The molecule has 19 heavy (non-hydrogen) atoms. The topological polar surface area (TPSA) is 85.1 Å². The lowest BCUT2D eigenvalue weighted by Crippen LogP contribution is -2.29. The van der Waals surface area contributed by atoms with Crippen molar-refractivity contribution in [3.8, 4) is 0 Å². The van der Waals surface area contributed by atoms with Gasteiger partial charge in [0.2, 0.25) is 0 Å². The first-order valence-corrected chi connectivity index (χ1v) is 6.81. The second-order valence-electron chi connectivity index (χ2n) is 5.23. The molecule has 0 unspecified atom stereocenters. The Morgan fingerprint density at radius 2 is 1.84 bits per heavy atom. The molecule has 1 aliphatic heterocycles. The SMILES string of the molecule is Cc1c(NN)nc(C(C)C)nc1NC1CCOCC1. The van der Waals surface area contributed by atoms with E-state index >= 15 is 0 Å². The van der Waals surface area contributed by atoms with Gasteiger partial charge in [0, 0.05) is 30.7 Å². The third-order valence-electron chi connectivity index (χ3n) is 3.38. The van der Waals surface area contributed by atoms with Gasteiger partial charge >= 0.3 is 0 Å². The van der Waals surface area contributed by atoms with Crippen molar-refractivity contribution in [3.05, 3.63) is 11.4 Å². The van der Waals surface area contributed by atoms with Crippen LogP contribution < -0.4 is 16.6 Å². The molecule has 4 N–H and O–H groups in total. The Balaban J connectivity index is 2.24. The van der Waals surface area contributed by atoms with Crippen LogP contribution in [0, 0.1) is 6.92 Å². The molecule has 0 aromatic carbocycles. The van der Waals surface area contributed by atoms with E-state index in [1.54, 1.807) is 0 Å². The zero-order valence-corrected chi connectivity index (χ0v) is 11.9. The van der Waals surface area contributed by atoms with E-state index in [9.17, 15) is 0 Å². The van der Waals surface area contributed by atoms with Gasteiger partial charge in [-0.15, -0.1) is 0 Å². The maximum absolute atomic E-state index is 5.53. The fraction of sp³-hybridized carbons (Fsp3) is 0.692. The highest BCUT2D eigenvalue weighted by Gasteiger charge is 2.18. The summed E-state index contributed by atoms with van der Waals surface area (Å²) in [6, 6.07) is 0.410. The molecule has 1 aliphatic rings. The summed E-state index contributed by atoms with van der Waals surface area (Å²) in [6.07, 6.45) is 2.01. The normalized spacial score (nSPS) is 16.7. The number of hydrogen-bond donors (Lipinski definition) is 3. The first-order valence-electron chi connectivity index (χ1n) is 6.81. The first-order chi connectivity index (χ1) is 9.11. The smallest absolute Gasteiger partial charge is 0.148 e. The number of rotatable bonds is 4. The molecule has 106 valence electrons. The van der Waals surface area contributed by atoms with Crippen LogP contribution in [-0.2, 0) is 4.74 Å². The number of hydrogen-bond acceptors (Lipinski definition) is 6. The van der Waals surface area contributed by atoms with E-state index in [0.29, 0.717) is 11.9 Å². The molecule has 0 spiro atoms. The van der Waals surface area contributed by atoms with Gasteiger partial charge < -0.3 is 15.5 Å². The van der Waals surface area contributed by atoms with Crippen LogP contribution in [0.1, 0.15) is 44.0 Å². The number of nitrogens with one attached hydrogen (secondary N) is 2. The van der Waals surface area contributed by atoms with Gasteiger partial charge in [0.15, 0.2) is 0 Å². The summed E-state index contributed by atoms with van der Waals surface area (Å²) >= 11 is 0. The standard InChI is InChI=1S/C13H23N5O/c1-8(2)11-16-12(9(3)13(17-11)18-14)15-10-4-6-19-7-5-10/h8,10H,4-7,14H2,1-3H3,(H2,15,16,17,18). The van der Waals surface area contributed by atoms with Crippen molar-refractivity contribution in [2.24, 2.45) is 5.84 Å². The Hall–Kier alpha value is -1.40. The Labute approximate surface area is 114 Å². The fourth-order valence-electron chi connectivity index (χ4n) is 2.11. The predicted molar refractivity (Wildman–Crippen MR) is 76.1 cm³/mol. The molecule has 2 heterocycles. The lowest BCUT2D eigenvalue weighted by atomic mass is 10.1. The maximum atomic E-state index is 5.53. The van der Waals surface area contributed by atoms with Crippen molar-refractivity contribution < 1.29 is 4.74 Å². The molecule has 0 bridgehead atoms. The molecular weight excluding hydrogens is 242 g/mol. The quantitative estimate of drug-likeness (QED) is 0.568. The van der Waals surface area contributed by atoms with Crippen LogP contribution in [0.3, 0.4) is 0 Å². The lowest BCUT2D eigenvalue weighted by Gasteiger charge is -2.25. The van der Waals surface area contributed by atoms with Crippen molar-refractivity contribution in [2.75, 3.05) is 24.0 Å². The molecule has 0 radical (unpaired) electrons. The predicted octanol–water partition coefficient (Wildman–Crippen LogP) is 1.78. The lowest BCUT2D eigenvalue weighted by molar-refractivity contribution is 0.0903. The summed E-state index contributed by atoms with van der Waals surface area (Å²) < 4.78 is 5.37. The van der Waals surface area contributed by atoms with Gasteiger partial charge in [0.1, 0.15) is 17.5 Å². The van der Waals surface area contributed by atoms with Gasteiger partial charge in [-0.25, -0.2) is 15.8 Å². The summed E-state index contributed by atoms with van der Waals surface area (Å²) in [5, 5.41) is 3.49. The van der Waals surface area contributed by atoms with Crippen LogP contribution >= 0.6 is 0 Å². The number of aromatic nitrogens is 2. The minimum atomic E-state index is 0.267. The molecule has 1 fully saturated rings. The molecule has 2 rings (SSSR count). The maximum Gasteiger partial charge on any atom is 0.148 e. The molecule has 6 nitrogen and oxygen atoms in total. The molecule has 0 aliphatic carbocycles. The highest BCUT2D eigenvalue weighted by molar-refractivity contribution is 5.57. The van der Waals surface area contributed by atoms with Gasteiger partial charge in [-0.3, -0.25) is 0 Å². The summed E-state index contributed by atoms with van der Waals surface area (Å²) in [7, 11) is 0. The molecule has 1 saturated heterocycles. The number of nitrogens with zero attached hydrogens (tertiary/aromatic N) is 2. The third-order valence-corrected chi connectivity index (χ3v) is 3.38. The number of hydrazine groups is 1. The second-order valence-corrected chi connectivity index (χ2v) is 5.23. The van der Waals surface area contributed by atoms with Crippen LogP contribution in [0.15, 0.2) is 0 Å². The molecule has 1 aromatic heterocycles. The zero-order chi connectivity index (χ0) is 13.8. The van der Waals surface area contributed by atoms with Gasteiger partial charge in [0.25, 0.3) is 0 Å². The van der Waals surface area contributed by atoms with Crippen molar-refractivity contribution in [2.45, 2.75) is 45.6 Å². The largest absolute Gasteiger partial charge is 0.381 e. The summed E-state index contributed by atoms with van der Waals surface area (Å²) in [6.45, 7) is 7.73. The summed E-state index contributed by atoms with van der Waals surface area (Å²) in [5.41, 5.74) is 3.61. The number of ether oxygens (including phenoxy) is 1. The van der Waals surface area contributed by atoms with E-state index in [0.717, 1.165) is 43.3 Å². The third kappa shape index (κ3) is 3.33. The number of nitrogen functional groups attached to an aromatic ring is 1. The number of nitrogens with two attached hydrogens (primary N) is 1. The van der Waals surface area contributed by atoms with Crippen molar-refractivity contribution in [1.29, 1.82) is 0 Å². The van der Waals surface area contributed by atoms with Crippen LogP contribution in [0.5, 0.6) is 0 Å². The second kappa shape index (κ2) is 6.16. The molecule has 0 saturated carbocycles. The van der Waals surface area contributed by atoms with E-state index in [1.807, 2.05) is 6.92 Å². The summed E-state index contributed by atoms with van der Waals surface area (Å²) in [4.78, 5) is 9.05. The van der Waals surface area contributed by atoms with Gasteiger partial charge in [-0.05, 0) is 19.8 Å². The molecular formula is C13H23N5O. The van der Waals surface area contributed by atoms with Gasteiger partial charge in [-0.1, -0.05) is 13.8 Å². The minimum absolute atomic E-state index is 0.267. The Morgan fingerprint density at radius 1 is 1.21 bits per heavy atom.